The second kappa shape index (κ2) is 5.25. The van der Waals surface area contributed by atoms with Crippen molar-refractivity contribution in [2.45, 2.75) is 0 Å². The van der Waals surface area contributed by atoms with E-state index < -0.39 is 9.26 Å². The van der Waals surface area contributed by atoms with E-state index in [1.807, 2.05) is 12.1 Å². The van der Waals surface area contributed by atoms with E-state index in [9.17, 15) is 4.11 Å². The average Bonchev–Trinajstić information content (AvgIpc) is 1.94. The zero-order valence-electron chi connectivity index (χ0n) is 6.20. The van der Waals surface area contributed by atoms with Gasteiger partial charge in [-0.1, -0.05) is 12.1 Å². The maximum atomic E-state index is 10.1. The van der Waals surface area contributed by atoms with Gasteiger partial charge in [-0.25, -0.2) is 0 Å². The van der Waals surface area contributed by atoms with Crippen molar-refractivity contribution in [3.63, 3.8) is 0 Å². The Morgan fingerprint density at radius 1 is 1.25 bits per heavy atom. The maximum Gasteiger partial charge on any atom is 0.734 e. The summed E-state index contributed by atoms with van der Waals surface area (Å²) in [6.07, 6.45) is 0. The zero-order valence-corrected chi connectivity index (χ0v) is 7.20. The smallest absolute Gasteiger partial charge is 0.517 e. The molecule has 1 aromatic carbocycles. The minimum Gasteiger partial charge on any atom is -0.517 e. The predicted octanol–water partition coefficient (Wildman–Crippen LogP) is 0.215. The molecule has 1 aromatic rings. The fourth-order valence-corrected chi connectivity index (χ4v) is 0.511. The molecule has 0 unspecified atom stereocenters. The van der Waals surface area contributed by atoms with Crippen LogP contribution in [0.2, 0.25) is 0 Å². The highest BCUT2D eigenvalue weighted by atomic mass is 28.3. The molecule has 0 heterocycles. The van der Waals surface area contributed by atoms with Gasteiger partial charge < -0.3 is 16.3 Å². The van der Waals surface area contributed by atoms with Crippen LogP contribution in [0.15, 0.2) is 24.3 Å². The van der Waals surface area contributed by atoms with Crippen LogP contribution in [-0.4, -0.2) is 14.1 Å². The number of nitrogen functional groups attached to an aromatic ring is 2. The summed E-state index contributed by atoms with van der Waals surface area (Å²) in [4.78, 5) is 6.94. The Morgan fingerprint density at radius 2 is 1.50 bits per heavy atom. The van der Waals surface area contributed by atoms with Gasteiger partial charge in [-0.15, -0.1) is 0 Å². The van der Waals surface area contributed by atoms with Crippen molar-refractivity contribution in [1.82, 2.24) is 0 Å². The normalized spacial score (nSPS) is 8.08. The van der Waals surface area contributed by atoms with Crippen LogP contribution in [-0.2, 0) is 4.46 Å². The molecular weight excluding hydrogens is 179 g/mol. The number of para-hydroxylation sites is 2. The highest BCUT2D eigenvalue weighted by Gasteiger charge is 1.87. The molecule has 4 nitrogen and oxygen atoms in total. The minimum absolute atomic E-state index is 0.646. The molecule has 6 heteroatoms. The lowest BCUT2D eigenvalue weighted by Gasteiger charge is -1.94. The van der Waals surface area contributed by atoms with Crippen molar-refractivity contribution in [3.8, 4) is 0 Å². The number of benzene rings is 1. The van der Waals surface area contributed by atoms with Gasteiger partial charge in [-0.05, 0) is 12.1 Å². The third kappa shape index (κ3) is 5.36. The molecule has 0 fully saturated rings. The van der Waals surface area contributed by atoms with Crippen molar-refractivity contribution >= 4 is 20.6 Å². The summed E-state index contributed by atoms with van der Waals surface area (Å²) in [6.45, 7) is 0. The van der Waals surface area contributed by atoms with Gasteiger partial charge in [0.05, 0.1) is 11.4 Å². The second-order valence-electron chi connectivity index (χ2n) is 1.88. The SMILES string of the molecule is Nc1ccccc1N.O=[Si](O)F. The summed E-state index contributed by atoms with van der Waals surface area (Å²) in [5.74, 6) is 0. The van der Waals surface area contributed by atoms with E-state index in [4.69, 9.17) is 20.7 Å². The largest absolute Gasteiger partial charge is 0.734 e. The summed E-state index contributed by atoms with van der Waals surface area (Å²) in [5, 5.41) is 0. The Morgan fingerprint density at radius 3 is 1.67 bits per heavy atom. The molecule has 0 atom stereocenters. The van der Waals surface area contributed by atoms with Gasteiger partial charge in [0.1, 0.15) is 0 Å². The molecule has 0 saturated heterocycles. The fraction of sp³-hybridized carbons (Fsp3) is 0. The van der Waals surface area contributed by atoms with Crippen LogP contribution in [0.3, 0.4) is 0 Å². The van der Waals surface area contributed by atoms with E-state index in [1.54, 1.807) is 12.1 Å². The summed E-state index contributed by atoms with van der Waals surface area (Å²) in [6, 6.07) is 7.25. The Bertz CT molecular complexity index is 244. The van der Waals surface area contributed by atoms with Crippen molar-refractivity contribution < 1.29 is 13.4 Å². The third-order valence-electron chi connectivity index (χ3n) is 0.996. The van der Waals surface area contributed by atoms with Gasteiger partial charge in [0.2, 0.25) is 0 Å². The lowest BCUT2D eigenvalue weighted by Crippen LogP contribution is -1.91. The highest BCUT2D eigenvalue weighted by Crippen LogP contribution is 2.10. The first kappa shape index (κ1) is 10.6. The van der Waals surface area contributed by atoms with Crippen LogP contribution in [0.25, 0.3) is 0 Å². The molecule has 1 rings (SSSR count). The molecule has 66 valence electrons. The van der Waals surface area contributed by atoms with Crippen LogP contribution >= 0.6 is 0 Å². The molecule has 0 spiro atoms. The zero-order chi connectivity index (χ0) is 9.56. The van der Waals surface area contributed by atoms with E-state index in [0.29, 0.717) is 11.4 Å². The first-order valence-corrected chi connectivity index (χ1v) is 4.25. The minimum atomic E-state index is -3.63. The Kier molecular flexibility index (Phi) is 4.62. The number of hydrogen-bond acceptors (Lipinski definition) is 3. The first-order chi connectivity index (χ1) is 5.54. The van der Waals surface area contributed by atoms with Crippen LogP contribution in [0.5, 0.6) is 0 Å². The number of halogens is 1. The molecular formula is C6H9FN2O2Si. The summed E-state index contributed by atoms with van der Waals surface area (Å²) in [7, 11) is -3.63. The van der Waals surface area contributed by atoms with Crippen LogP contribution in [0, 0.1) is 0 Å². The molecule has 0 amide bonds. The molecule has 0 aliphatic carbocycles. The summed E-state index contributed by atoms with van der Waals surface area (Å²) in [5.41, 5.74) is 12.1. The highest BCUT2D eigenvalue weighted by molar-refractivity contribution is 6.23. The second-order valence-corrected chi connectivity index (χ2v) is 2.39. The van der Waals surface area contributed by atoms with Crippen molar-refractivity contribution in [2.24, 2.45) is 0 Å². The Labute approximate surface area is 70.6 Å². The standard InChI is InChI=1S/C6H8N2.FHO2Si/c7-5-3-1-2-4-6(5)8;1-4(2)3/h1-4H,7-8H2;2H. The van der Waals surface area contributed by atoms with E-state index in [2.05, 4.69) is 0 Å². The Hall–Kier alpha value is -1.43. The van der Waals surface area contributed by atoms with Crippen molar-refractivity contribution in [3.05, 3.63) is 24.3 Å². The number of hydrogen-bond donors (Lipinski definition) is 3. The lowest BCUT2D eigenvalue weighted by atomic mass is 10.3. The van der Waals surface area contributed by atoms with E-state index >= 15 is 0 Å². The van der Waals surface area contributed by atoms with Gasteiger partial charge >= 0.3 is 9.26 Å². The average molecular weight is 188 g/mol. The molecule has 0 aliphatic heterocycles. The molecule has 0 saturated carbocycles. The predicted molar refractivity (Wildman–Crippen MR) is 45.0 cm³/mol. The molecule has 0 aliphatic rings. The van der Waals surface area contributed by atoms with Crippen LogP contribution in [0.1, 0.15) is 0 Å². The van der Waals surface area contributed by atoms with E-state index in [0.717, 1.165) is 0 Å². The topological polar surface area (TPSA) is 89.3 Å². The Balaban J connectivity index is 0.000000261. The fourth-order valence-electron chi connectivity index (χ4n) is 0.511. The quantitative estimate of drug-likeness (QED) is 0.308. The monoisotopic (exact) mass is 188 g/mol. The number of anilines is 2. The maximum absolute atomic E-state index is 10.1. The molecule has 0 radical (unpaired) electrons. The molecule has 12 heavy (non-hydrogen) atoms. The number of rotatable bonds is 0. The summed E-state index contributed by atoms with van der Waals surface area (Å²) >= 11 is 0. The van der Waals surface area contributed by atoms with E-state index in [1.165, 1.54) is 0 Å². The molecule has 0 aromatic heterocycles. The lowest BCUT2D eigenvalue weighted by molar-refractivity contribution is 0.390. The van der Waals surface area contributed by atoms with E-state index in [-0.39, 0.29) is 0 Å². The van der Waals surface area contributed by atoms with Gasteiger partial charge in [-0.3, -0.25) is 4.46 Å². The van der Waals surface area contributed by atoms with Crippen molar-refractivity contribution in [2.75, 3.05) is 11.5 Å². The third-order valence-corrected chi connectivity index (χ3v) is 0.996. The molecule has 5 N–H and O–H groups in total. The first-order valence-electron chi connectivity index (χ1n) is 3.02. The molecule has 0 bridgehead atoms. The van der Waals surface area contributed by atoms with Gasteiger partial charge in [0.15, 0.2) is 0 Å². The van der Waals surface area contributed by atoms with Crippen molar-refractivity contribution in [1.29, 1.82) is 0 Å². The van der Waals surface area contributed by atoms with Crippen LogP contribution < -0.4 is 11.5 Å². The van der Waals surface area contributed by atoms with Gasteiger partial charge in [-0.2, -0.15) is 4.11 Å². The van der Waals surface area contributed by atoms with Gasteiger partial charge in [0.25, 0.3) is 0 Å². The summed E-state index contributed by atoms with van der Waals surface area (Å²) < 4.78 is 18.6. The van der Waals surface area contributed by atoms with Crippen LogP contribution in [0.4, 0.5) is 15.5 Å². The van der Waals surface area contributed by atoms with Gasteiger partial charge in [0, 0.05) is 0 Å². The number of nitrogens with two attached hydrogens (primary N) is 2.